The molecule has 1 fully saturated rings. The van der Waals surface area contributed by atoms with Crippen LogP contribution in [-0.2, 0) is 0 Å². The van der Waals surface area contributed by atoms with Crippen molar-refractivity contribution >= 4 is 11.8 Å². The normalized spacial score (nSPS) is 28.3. The van der Waals surface area contributed by atoms with Gasteiger partial charge in [-0.25, -0.2) is 4.98 Å². The molecule has 3 heteroatoms. The van der Waals surface area contributed by atoms with E-state index in [9.17, 15) is 0 Å². The third-order valence-corrected chi connectivity index (χ3v) is 5.05. The molecule has 1 aliphatic rings. The molecule has 2 rings (SSSR count). The zero-order chi connectivity index (χ0) is 13.1. The van der Waals surface area contributed by atoms with Gasteiger partial charge in [-0.1, -0.05) is 6.92 Å². The van der Waals surface area contributed by atoms with Gasteiger partial charge in [0.25, 0.3) is 0 Å². The van der Waals surface area contributed by atoms with Crippen molar-refractivity contribution < 1.29 is 0 Å². The highest BCUT2D eigenvalue weighted by Crippen LogP contribution is 2.35. The molecule has 1 aromatic heterocycles. The fourth-order valence-electron chi connectivity index (χ4n) is 2.81. The molecule has 0 amide bonds. The standard InChI is InChI=1S/C15H24N2S/c1-10-5-6-13(16-4)14(8-10)18-15-9-11(2)7-12(3)17-15/h7,9-10,13-14,16H,5-6,8H2,1-4H3. The second-order valence-electron chi connectivity index (χ2n) is 5.59. The van der Waals surface area contributed by atoms with Gasteiger partial charge in [0.15, 0.2) is 0 Å². The molecule has 0 saturated heterocycles. The monoisotopic (exact) mass is 264 g/mol. The molecule has 18 heavy (non-hydrogen) atoms. The zero-order valence-corrected chi connectivity index (χ0v) is 12.7. The van der Waals surface area contributed by atoms with Crippen molar-refractivity contribution in [3.63, 3.8) is 0 Å². The Bertz CT molecular complexity index is 385. The molecule has 1 aromatic rings. The Morgan fingerprint density at radius 1 is 1.28 bits per heavy atom. The Balaban J connectivity index is 2.10. The van der Waals surface area contributed by atoms with Crippen molar-refractivity contribution in [2.75, 3.05) is 7.05 Å². The van der Waals surface area contributed by atoms with Crippen LogP contribution in [0.2, 0.25) is 0 Å². The summed E-state index contributed by atoms with van der Waals surface area (Å²) < 4.78 is 0. The molecule has 1 aliphatic carbocycles. The molecule has 1 heterocycles. The molecule has 3 unspecified atom stereocenters. The fraction of sp³-hybridized carbons (Fsp3) is 0.667. The van der Waals surface area contributed by atoms with Gasteiger partial charge >= 0.3 is 0 Å². The Hall–Kier alpha value is -0.540. The van der Waals surface area contributed by atoms with Crippen LogP contribution in [0.25, 0.3) is 0 Å². The molecular weight excluding hydrogens is 240 g/mol. The van der Waals surface area contributed by atoms with E-state index in [1.807, 2.05) is 11.8 Å². The molecule has 2 nitrogen and oxygen atoms in total. The fourth-order valence-corrected chi connectivity index (χ4v) is 4.43. The number of pyridine rings is 1. The van der Waals surface area contributed by atoms with Crippen LogP contribution in [0.15, 0.2) is 17.2 Å². The quantitative estimate of drug-likeness (QED) is 0.903. The van der Waals surface area contributed by atoms with E-state index in [4.69, 9.17) is 0 Å². The van der Waals surface area contributed by atoms with E-state index in [1.165, 1.54) is 29.9 Å². The Morgan fingerprint density at radius 3 is 2.72 bits per heavy atom. The van der Waals surface area contributed by atoms with E-state index in [0.29, 0.717) is 11.3 Å². The maximum atomic E-state index is 4.66. The van der Waals surface area contributed by atoms with Gasteiger partial charge in [-0.05, 0) is 63.8 Å². The first-order valence-corrected chi connectivity index (χ1v) is 7.75. The van der Waals surface area contributed by atoms with E-state index >= 15 is 0 Å². The van der Waals surface area contributed by atoms with Crippen LogP contribution in [0, 0.1) is 19.8 Å². The van der Waals surface area contributed by atoms with Crippen LogP contribution in [0.5, 0.6) is 0 Å². The summed E-state index contributed by atoms with van der Waals surface area (Å²) in [7, 11) is 2.09. The van der Waals surface area contributed by atoms with Crippen molar-refractivity contribution in [2.45, 2.75) is 56.4 Å². The first-order valence-electron chi connectivity index (χ1n) is 6.87. The SMILES string of the molecule is CNC1CCC(C)CC1Sc1cc(C)cc(C)n1. The number of thioether (sulfide) groups is 1. The van der Waals surface area contributed by atoms with Gasteiger partial charge in [-0.15, -0.1) is 11.8 Å². The van der Waals surface area contributed by atoms with Gasteiger partial charge in [-0.2, -0.15) is 0 Å². The lowest BCUT2D eigenvalue weighted by atomic mass is 9.87. The molecule has 1 N–H and O–H groups in total. The summed E-state index contributed by atoms with van der Waals surface area (Å²) >= 11 is 1.96. The predicted octanol–water partition coefficient (Wildman–Crippen LogP) is 3.57. The number of hydrogen-bond acceptors (Lipinski definition) is 3. The van der Waals surface area contributed by atoms with Gasteiger partial charge in [-0.3, -0.25) is 0 Å². The first-order chi connectivity index (χ1) is 8.58. The minimum atomic E-state index is 0.633. The summed E-state index contributed by atoms with van der Waals surface area (Å²) in [5.41, 5.74) is 2.44. The van der Waals surface area contributed by atoms with Gasteiger partial charge in [0, 0.05) is 17.0 Å². The van der Waals surface area contributed by atoms with Crippen molar-refractivity contribution in [3.05, 3.63) is 23.4 Å². The van der Waals surface area contributed by atoms with Crippen LogP contribution < -0.4 is 5.32 Å². The second kappa shape index (κ2) is 6.07. The van der Waals surface area contributed by atoms with E-state index in [1.54, 1.807) is 0 Å². The summed E-state index contributed by atoms with van der Waals surface area (Å²) in [5.74, 6) is 0.845. The van der Waals surface area contributed by atoms with Crippen LogP contribution in [0.1, 0.15) is 37.4 Å². The minimum Gasteiger partial charge on any atom is -0.316 e. The highest BCUT2D eigenvalue weighted by Gasteiger charge is 2.28. The highest BCUT2D eigenvalue weighted by atomic mass is 32.2. The Kier molecular flexibility index (Phi) is 4.68. The molecular formula is C15H24N2S. The maximum absolute atomic E-state index is 4.66. The van der Waals surface area contributed by atoms with Crippen LogP contribution in [0.4, 0.5) is 0 Å². The molecule has 3 atom stereocenters. The van der Waals surface area contributed by atoms with E-state index < -0.39 is 0 Å². The number of hydrogen-bond donors (Lipinski definition) is 1. The molecule has 0 radical (unpaired) electrons. The van der Waals surface area contributed by atoms with E-state index in [0.717, 1.165) is 11.6 Å². The van der Waals surface area contributed by atoms with Crippen molar-refractivity contribution in [2.24, 2.45) is 5.92 Å². The minimum absolute atomic E-state index is 0.633. The maximum Gasteiger partial charge on any atom is 0.0968 e. The lowest BCUT2D eigenvalue weighted by molar-refractivity contribution is 0.329. The molecule has 0 spiro atoms. The van der Waals surface area contributed by atoms with Crippen molar-refractivity contribution in [3.8, 4) is 0 Å². The third-order valence-electron chi connectivity index (χ3n) is 3.77. The van der Waals surface area contributed by atoms with Gasteiger partial charge in [0.2, 0.25) is 0 Å². The summed E-state index contributed by atoms with van der Waals surface area (Å²) in [4.78, 5) is 4.66. The number of nitrogens with one attached hydrogen (secondary N) is 1. The van der Waals surface area contributed by atoms with Crippen LogP contribution in [0.3, 0.4) is 0 Å². The van der Waals surface area contributed by atoms with Gasteiger partial charge in [0.1, 0.15) is 0 Å². The topological polar surface area (TPSA) is 24.9 Å². The molecule has 0 aliphatic heterocycles. The number of aryl methyl sites for hydroxylation is 2. The third kappa shape index (κ3) is 3.48. The van der Waals surface area contributed by atoms with E-state index in [2.05, 4.69) is 50.3 Å². The lowest BCUT2D eigenvalue weighted by Crippen LogP contribution is -2.40. The number of aromatic nitrogens is 1. The van der Waals surface area contributed by atoms with E-state index in [-0.39, 0.29) is 0 Å². The van der Waals surface area contributed by atoms with Crippen LogP contribution in [-0.4, -0.2) is 23.3 Å². The molecule has 100 valence electrons. The second-order valence-corrected chi connectivity index (χ2v) is 6.85. The highest BCUT2D eigenvalue weighted by molar-refractivity contribution is 7.99. The summed E-state index contributed by atoms with van der Waals surface area (Å²) in [6, 6.07) is 4.99. The number of rotatable bonds is 3. The van der Waals surface area contributed by atoms with Crippen LogP contribution >= 0.6 is 11.8 Å². The lowest BCUT2D eigenvalue weighted by Gasteiger charge is -2.34. The Morgan fingerprint density at radius 2 is 2.06 bits per heavy atom. The Labute approximate surface area is 115 Å². The molecule has 1 saturated carbocycles. The van der Waals surface area contributed by atoms with Crippen molar-refractivity contribution in [1.29, 1.82) is 0 Å². The summed E-state index contributed by atoms with van der Waals surface area (Å²) in [6.07, 6.45) is 3.94. The summed E-state index contributed by atoms with van der Waals surface area (Å²) in [6.45, 7) is 6.60. The first kappa shape index (κ1) is 13.9. The smallest absolute Gasteiger partial charge is 0.0968 e. The molecule has 0 aromatic carbocycles. The zero-order valence-electron chi connectivity index (χ0n) is 11.9. The molecule has 0 bridgehead atoms. The van der Waals surface area contributed by atoms with Crippen molar-refractivity contribution in [1.82, 2.24) is 10.3 Å². The largest absolute Gasteiger partial charge is 0.316 e. The van der Waals surface area contributed by atoms with Gasteiger partial charge < -0.3 is 5.32 Å². The number of nitrogens with zero attached hydrogens (tertiary/aromatic N) is 1. The van der Waals surface area contributed by atoms with Gasteiger partial charge in [0.05, 0.1) is 5.03 Å². The summed E-state index contributed by atoms with van der Waals surface area (Å²) in [5, 5.41) is 5.32. The average Bonchev–Trinajstić information content (AvgIpc) is 2.27. The predicted molar refractivity (Wildman–Crippen MR) is 79.2 cm³/mol. The average molecular weight is 264 g/mol.